The monoisotopic (exact) mass is 479 g/mol. The molecule has 3 amide bonds. The molecule has 9 heteroatoms. The van der Waals surface area contributed by atoms with Gasteiger partial charge in [-0.25, -0.2) is 5.01 Å². The van der Waals surface area contributed by atoms with Crippen LogP contribution >= 0.6 is 11.3 Å². The molecule has 8 nitrogen and oxygen atoms in total. The summed E-state index contributed by atoms with van der Waals surface area (Å²) in [5, 5.41) is 8.02. The van der Waals surface area contributed by atoms with E-state index in [9.17, 15) is 14.4 Å². The van der Waals surface area contributed by atoms with Crippen LogP contribution in [0.5, 0.6) is 11.5 Å². The summed E-state index contributed by atoms with van der Waals surface area (Å²) in [4.78, 5) is 41.4. The average Bonchev–Trinajstić information content (AvgIpc) is 3.60. The first kappa shape index (κ1) is 22.3. The number of hydrogen-bond acceptors (Lipinski definition) is 7. The molecule has 3 heterocycles. The molecule has 2 aromatic rings. The van der Waals surface area contributed by atoms with Crippen molar-refractivity contribution in [3.8, 4) is 11.5 Å². The van der Waals surface area contributed by atoms with Gasteiger partial charge >= 0.3 is 0 Å². The van der Waals surface area contributed by atoms with Crippen molar-refractivity contribution in [2.75, 3.05) is 20.8 Å². The molecule has 1 aromatic heterocycles. The summed E-state index contributed by atoms with van der Waals surface area (Å²) >= 11 is 1.55. The van der Waals surface area contributed by atoms with E-state index in [4.69, 9.17) is 9.47 Å². The highest BCUT2D eigenvalue weighted by Crippen LogP contribution is 2.39. The number of imide groups is 1. The van der Waals surface area contributed by atoms with Crippen molar-refractivity contribution in [1.29, 1.82) is 0 Å². The molecule has 34 heavy (non-hydrogen) atoms. The van der Waals surface area contributed by atoms with Crippen LogP contribution in [-0.2, 0) is 14.4 Å². The quantitative estimate of drug-likeness (QED) is 0.468. The first-order valence-corrected chi connectivity index (χ1v) is 12.0. The Balaban J connectivity index is 1.43. The van der Waals surface area contributed by atoms with Crippen LogP contribution in [0.2, 0.25) is 0 Å². The number of nitrogens with zero attached hydrogens (tertiary/aromatic N) is 3. The van der Waals surface area contributed by atoms with Gasteiger partial charge in [0.1, 0.15) is 6.54 Å². The smallest absolute Gasteiger partial charge is 0.263 e. The summed E-state index contributed by atoms with van der Waals surface area (Å²) in [6.07, 6.45) is 5.46. The van der Waals surface area contributed by atoms with E-state index < -0.39 is 0 Å². The van der Waals surface area contributed by atoms with Gasteiger partial charge in [0.05, 0.1) is 42.7 Å². The summed E-state index contributed by atoms with van der Waals surface area (Å²) in [5.41, 5.74) is 1.62. The molecule has 0 saturated carbocycles. The zero-order chi connectivity index (χ0) is 23.8. The SMILES string of the molecule is COc1ccc([C@@H]2CC(c3cccs3)=NN2C(=O)CN2C(=O)[C@H]3CC=CC[C@H]3C2=O)cc1OC. The molecular formula is C25H25N3O5S. The summed E-state index contributed by atoms with van der Waals surface area (Å²) < 4.78 is 10.8. The van der Waals surface area contributed by atoms with Crippen molar-refractivity contribution < 1.29 is 23.9 Å². The van der Waals surface area contributed by atoms with Crippen LogP contribution in [-0.4, -0.2) is 54.1 Å². The number of benzene rings is 1. The molecule has 3 atom stereocenters. The lowest BCUT2D eigenvalue weighted by Crippen LogP contribution is -2.41. The highest BCUT2D eigenvalue weighted by Gasteiger charge is 2.48. The molecular weight excluding hydrogens is 454 g/mol. The molecule has 0 N–H and O–H groups in total. The van der Waals surface area contributed by atoms with Crippen molar-refractivity contribution >= 4 is 34.8 Å². The van der Waals surface area contributed by atoms with Crippen molar-refractivity contribution in [3.63, 3.8) is 0 Å². The molecule has 2 aliphatic heterocycles. The van der Waals surface area contributed by atoms with Gasteiger partial charge in [-0.05, 0) is 42.0 Å². The maximum absolute atomic E-state index is 13.5. The third-order valence-corrected chi connectivity index (χ3v) is 7.57. The second-order valence-corrected chi connectivity index (χ2v) is 9.46. The predicted molar refractivity (Wildman–Crippen MR) is 127 cm³/mol. The number of likely N-dealkylation sites (tertiary alicyclic amines) is 1. The number of carbonyl (C=O) groups is 3. The van der Waals surface area contributed by atoms with Gasteiger partial charge in [0.25, 0.3) is 5.91 Å². The van der Waals surface area contributed by atoms with E-state index in [2.05, 4.69) is 5.10 Å². The fourth-order valence-electron chi connectivity index (χ4n) is 4.88. The number of carbonyl (C=O) groups excluding carboxylic acids is 3. The number of methoxy groups -OCH3 is 2. The zero-order valence-corrected chi connectivity index (χ0v) is 19.8. The average molecular weight is 480 g/mol. The fraction of sp³-hybridized carbons (Fsp3) is 0.360. The Labute approximate surface area is 201 Å². The largest absolute Gasteiger partial charge is 0.493 e. The van der Waals surface area contributed by atoms with Crippen LogP contribution in [0.4, 0.5) is 0 Å². The second kappa shape index (κ2) is 9.06. The van der Waals surface area contributed by atoms with Crippen molar-refractivity contribution in [3.05, 3.63) is 58.3 Å². The second-order valence-electron chi connectivity index (χ2n) is 8.52. The molecule has 0 spiro atoms. The van der Waals surface area contributed by atoms with Crippen LogP contribution in [0, 0.1) is 11.8 Å². The first-order chi connectivity index (χ1) is 16.5. The normalized spacial score (nSPS) is 23.8. The third-order valence-electron chi connectivity index (χ3n) is 6.66. The molecule has 1 saturated heterocycles. The predicted octanol–water partition coefficient (Wildman–Crippen LogP) is 3.39. The van der Waals surface area contributed by atoms with Crippen LogP contribution < -0.4 is 9.47 Å². The first-order valence-electron chi connectivity index (χ1n) is 11.2. The minimum absolute atomic E-state index is 0.267. The van der Waals surface area contributed by atoms with Crippen LogP contribution in [0.15, 0.2) is 53.0 Å². The number of allylic oxidation sites excluding steroid dienone is 2. The number of rotatable bonds is 6. The standard InChI is InChI=1S/C25H25N3O5S/c1-32-20-10-9-15(12-21(20)33-2)19-13-18(22-8-5-11-34-22)26-28(19)23(29)14-27-24(30)16-6-3-4-7-17(16)25(27)31/h3-5,8-12,16-17,19H,6-7,13-14H2,1-2H3/t16-,17+,19-/m0/s1. The van der Waals surface area contributed by atoms with E-state index in [1.807, 2.05) is 41.8 Å². The number of ether oxygens (including phenoxy) is 2. The van der Waals surface area contributed by atoms with Gasteiger partial charge in [-0.15, -0.1) is 11.3 Å². The van der Waals surface area contributed by atoms with E-state index in [1.165, 1.54) is 5.01 Å². The molecule has 1 aliphatic carbocycles. The lowest BCUT2D eigenvalue weighted by molar-refractivity contribution is -0.147. The van der Waals surface area contributed by atoms with Gasteiger partial charge < -0.3 is 9.47 Å². The molecule has 0 unspecified atom stereocenters. The van der Waals surface area contributed by atoms with Gasteiger partial charge in [-0.3, -0.25) is 19.3 Å². The van der Waals surface area contributed by atoms with Crippen LogP contribution in [0.1, 0.15) is 35.7 Å². The molecule has 1 aromatic carbocycles. The van der Waals surface area contributed by atoms with Crippen LogP contribution in [0.25, 0.3) is 0 Å². The number of hydrogen-bond donors (Lipinski definition) is 0. The Morgan fingerprint density at radius 3 is 2.38 bits per heavy atom. The Morgan fingerprint density at radius 2 is 1.76 bits per heavy atom. The van der Waals surface area contributed by atoms with E-state index in [0.29, 0.717) is 30.8 Å². The van der Waals surface area contributed by atoms with Gasteiger partial charge in [0.15, 0.2) is 11.5 Å². The highest BCUT2D eigenvalue weighted by molar-refractivity contribution is 7.12. The van der Waals surface area contributed by atoms with Crippen molar-refractivity contribution in [2.45, 2.75) is 25.3 Å². The number of thiophene rings is 1. The molecule has 176 valence electrons. The lowest BCUT2D eigenvalue weighted by Gasteiger charge is -2.25. The summed E-state index contributed by atoms with van der Waals surface area (Å²) in [6.45, 7) is -0.310. The number of amides is 3. The summed E-state index contributed by atoms with van der Waals surface area (Å²) in [5.74, 6) is -0.510. The Morgan fingerprint density at radius 1 is 1.06 bits per heavy atom. The number of hydrazone groups is 1. The molecule has 5 rings (SSSR count). The van der Waals surface area contributed by atoms with Gasteiger partial charge in [-0.2, -0.15) is 5.10 Å². The zero-order valence-electron chi connectivity index (χ0n) is 19.0. The minimum Gasteiger partial charge on any atom is -0.493 e. The molecule has 1 fully saturated rings. The van der Waals surface area contributed by atoms with E-state index in [0.717, 1.165) is 21.1 Å². The van der Waals surface area contributed by atoms with Crippen molar-refractivity contribution in [1.82, 2.24) is 9.91 Å². The molecule has 3 aliphatic rings. The summed E-state index contributed by atoms with van der Waals surface area (Å²) in [6, 6.07) is 9.03. The van der Waals surface area contributed by atoms with Gasteiger partial charge in [0.2, 0.25) is 11.8 Å². The van der Waals surface area contributed by atoms with Gasteiger partial charge in [0, 0.05) is 6.42 Å². The number of fused-ring (bicyclic) bond motifs is 1. The minimum atomic E-state index is -0.389. The molecule has 0 radical (unpaired) electrons. The molecule has 0 bridgehead atoms. The maximum Gasteiger partial charge on any atom is 0.263 e. The Hall–Kier alpha value is -3.46. The summed E-state index contributed by atoms with van der Waals surface area (Å²) in [7, 11) is 3.13. The van der Waals surface area contributed by atoms with Crippen molar-refractivity contribution in [2.24, 2.45) is 16.9 Å². The highest BCUT2D eigenvalue weighted by atomic mass is 32.1. The lowest BCUT2D eigenvalue weighted by atomic mass is 9.85. The van der Waals surface area contributed by atoms with Crippen LogP contribution in [0.3, 0.4) is 0 Å². The third kappa shape index (κ3) is 3.79. The fourth-order valence-corrected chi connectivity index (χ4v) is 5.61. The van der Waals surface area contributed by atoms with E-state index >= 15 is 0 Å². The van der Waals surface area contributed by atoms with E-state index in [-0.39, 0.29) is 42.1 Å². The topological polar surface area (TPSA) is 88.5 Å². The van der Waals surface area contributed by atoms with Gasteiger partial charge in [-0.1, -0.05) is 24.3 Å². The Kier molecular flexibility index (Phi) is 5.95. The van der Waals surface area contributed by atoms with E-state index in [1.54, 1.807) is 31.6 Å². The Bertz CT molecular complexity index is 1160. The maximum atomic E-state index is 13.5.